The summed E-state index contributed by atoms with van der Waals surface area (Å²) in [6, 6.07) is 5.23. The van der Waals surface area contributed by atoms with Crippen LogP contribution >= 0.6 is 7.60 Å². The first-order chi connectivity index (χ1) is 12.6. The summed E-state index contributed by atoms with van der Waals surface area (Å²) in [6.45, 7) is -0.454. The third-order valence-corrected chi connectivity index (χ3v) is 4.85. The molecule has 0 aliphatic rings. The molecule has 0 aliphatic heterocycles. The van der Waals surface area contributed by atoms with E-state index in [1.807, 2.05) is 0 Å². The molecule has 6 N–H and O–H groups in total. The molecule has 0 spiro atoms. The van der Waals surface area contributed by atoms with Crippen LogP contribution < -0.4 is 15.6 Å². The number of rotatable bonds is 12. The Morgan fingerprint density at radius 2 is 1.89 bits per heavy atom. The van der Waals surface area contributed by atoms with Gasteiger partial charge in [0.25, 0.3) is 0 Å². The fourth-order valence-corrected chi connectivity index (χ4v) is 3.31. The van der Waals surface area contributed by atoms with Crippen LogP contribution in [-0.2, 0) is 25.4 Å². The van der Waals surface area contributed by atoms with Gasteiger partial charge in [-0.15, -0.1) is 0 Å². The van der Waals surface area contributed by atoms with Crippen molar-refractivity contribution in [3.05, 3.63) is 29.8 Å². The second kappa shape index (κ2) is 10.7. The second-order valence-corrected chi connectivity index (χ2v) is 7.72. The van der Waals surface area contributed by atoms with Gasteiger partial charge in [-0.05, 0) is 30.9 Å². The predicted molar refractivity (Wildman–Crippen MR) is 95.6 cm³/mol. The molecule has 0 saturated heterocycles. The molecule has 27 heavy (non-hydrogen) atoms. The number of carbonyl (C=O) groups is 3. The van der Waals surface area contributed by atoms with Crippen molar-refractivity contribution in [2.24, 2.45) is 5.73 Å². The van der Waals surface area contributed by atoms with Crippen LogP contribution in [0.5, 0.6) is 5.75 Å². The topological polar surface area (TPSA) is 176 Å². The quantitative estimate of drug-likeness (QED) is 0.313. The Morgan fingerprint density at radius 3 is 2.52 bits per heavy atom. The molecule has 150 valence electrons. The van der Waals surface area contributed by atoms with Crippen LogP contribution in [0.3, 0.4) is 0 Å². The minimum atomic E-state index is -4.10. The Balaban J connectivity index is 2.60. The molecule has 1 rings (SSSR count). The largest absolute Gasteiger partial charge is 0.480 e. The summed E-state index contributed by atoms with van der Waals surface area (Å²) in [5.41, 5.74) is 5.92. The molecule has 0 fully saturated rings. The number of nitrogens with two attached hydrogens (primary N) is 1. The van der Waals surface area contributed by atoms with Gasteiger partial charge in [0.05, 0.1) is 6.16 Å². The lowest BCUT2D eigenvalue weighted by Gasteiger charge is -2.17. The minimum Gasteiger partial charge on any atom is -0.480 e. The van der Waals surface area contributed by atoms with E-state index in [9.17, 15) is 23.8 Å². The molecule has 0 saturated carbocycles. The van der Waals surface area contributed by atoms with Crippen molar-refractivity contribution in [2.75, 3.05) is 12.7 Å². The number of para-hydroxylation sites is 1. The SMILES string of the molecule is NC(CCP(=O)(O)Oc1ccccc1CCCC(=O)NCC(=O)O)C(=O)O. The van der Waals surface area contributed by atoms with Gasteiger partial charge >= 0.3 is 19.5 Å². The first-order valence-corrected chi connectivity index (χ1v) is 9.93. The van der Waals surface area contributed by atoms with Gasteiger partial charge in [-0.2, -0.15) is 0 Å². The van der Waals surface area contributed by atoms with Crippen molar-refractivity contribution < 1.29 is 38.6 Å². The summed E-state index contributed by atoms with van der Waals surface area (Å²) in [5, 5.41) is 19.5. The number of aryl methyl sites for hydroxylation is 1. The molecule has 1 aromatic rings. The molecule has 2 atom stereocenters. The fraction of sp³-hybridized carbons (Fsp3) is 0.438. The first-order valence-electron chi connectivity index (χ1n) is 8.17. The fourth-order valence-electron chi connectivity index (χ4n) is 2.13. The summed E-state index contributed by atoms with van der Waals surface area (Å²) in [5.74, 6) is -2.65. The van der Waals surface area contributed by atoms with Crippen LogP contribution in [0.15, 0.2) is 24.3 Å². The average molecular weight is 402 g/mol. The third kappa shape index (κ3) is 9.18. The van der Waals surface area contributed by atoms with Crippen molar-refractivity contribution in [3.8, 4) is 5.75 Å². The third-order valence-electron chi connectivity index (χ3n) is 3.54. The average Bonchev–Trinajstić information content (AvgIpc) is 2.59. The van der Waals surface area contributed by atoms with Crippen molar-refractivity contribution in [3.63, 3.8) is 0 Å². The van der Waals surface area contributed by atoms with Crippen molar-refractivity contribution in [1.29, 1.82) is 0 Å². The summed E-state index contributed by atoms with van der Waals surface area (Å²) in [4.78, 5) is 42.5. The molecule has 2 unspecified atom stereocenters. The summed E-state index contributed by atoms with van der Waals surface area (Å²) >= 11 is 0. The zero-order valence-electron chi connectivity index (χ0n) is 14.5. The molecular weight excluding hydrogens is 379 g/mol. The lowest BCUT2D eigenvalue weighted by atomic mass is 10.1. The molecule has 0 radical (unpaired) electrons. The Hall–Kier alpha value is -2.42. The number of benzene rings is 1. The van der Waals surface area contributed by atoms with Gasteiger partial charge in [0.2, 0.25) is 5.91 Å². The van der Waals surface area contributed by atoms with Crippen molar-refractivity contribution >= 4 is 25.4 Å². The number of carbonyl (C=O) groups excluding carboxylic acids is 1. The van der Waals surface area contributed by atoms with E-state index in [0.29, 0.717) is 18.4 Å². The predicted octanol–water partition coefficient (Wildman–Crippen LogP) is 0.576. The van der Waals surface area contributed by atoms with E-state index in [1.54, 1.807) is 18.2 Å². The van der Waals surface area contributed by atoms with Crippen LogP contribution in [0.2, 0.25) is 0 Å². The van der Waals surface area contributed by atoms with E-state index in [0.717, 1.165) is 0 Å². The highest BCUT2D eigenvalue weighted by Crippen LogP contribution is 2.44. The first kappa shape index (κ1) is 22.6. The number of hydrogen-bond donors (Lipinski definition) is 5. The molecular formula is C16H23N2O8P. The monoisotopic (exact) mass is 402 g/mol. The standard InChI is InChI=1S/C16H23N2O8P/c17-12(16(22)23)8-9-27(24,25)26-13-6-2-1-4-11(13)5-3-7-14(19)18-10-15(20)21/h1-2,4,6,12H,3,5,7-10,17H2,(H,18,19)(H,20,21)(H,22,23)(H,24,25). The van der Waals surface area contributed by atoms with Gasteiger partial charge in [0.15, 0.2) is 0 Å². The highest BCUT2D eigenvalue weighted by Gasteiger charge is 2.25. The van der Waals surface area contributed by atoms with Gasteiger partial charge < -0.3 is 30.7 Å². The Bertz CT molecular complexity index is 724. The van der Waals surface area contributed by atoms with Gasteiger partial charge in [-0.25, -0.2) is 4.57 Å². The smallest absolute Gasteiger partial charge is 0.376 e. The Morgan fingerprint density at radius 1 is 1.22 bits per heavy atom. The van der Waals surface area contributed by atoms with Crippen LogP contribution in [0.25, 0.3) is 0 Å². The number of aliphatic carboxylic acids is 2. The molecule has 0 bridgehead atoms. The molecule has 10 nitrogen and oxygen atoms in total. The van der Waals surface area contributed by atoms with Crippen LogP contribution in [0.4, 0.5) is 0 Å². The van der Waals surface area contributed by atoms with Gasteiger partial charge in [-0.1, -0.05) is 18.2 Å². The van der Waals surface area contributed by atoms with Gasteiger partial charge in [0, 0.05) is 6.42 Å². The number of carboxylic acid groups (broad SMARTS) is 2. The van der Waals surface area contributed by atoms with Crippen molar-refractivity contribution in [2.45, 2.75) is 31.7 Å². The molecule has 0 aromatic heterocycles. The second-order valence-electron chi connectivity index (χ2n) is 5.82. The van der Waals surface area contributed by atoms with Crippen LogP contribution in [0, 0.1) is 0 Å². The van der Waals surface area contributed by atoms with E-state index in [1.165, 1.54) is 6.07 Å². The van der Waals surface area contributed by atoms with E-state index in [4.69, 9.17) is 20.5 Å². The molecule has 1 aromatic carbocycles. The normalized spacial score (nSPS) is 14.0. The van der Waals surface area contributed by atoms with Crippen LogP contribution in [-0.4, -0.2) is 51.7 Å². The van der Waals surface area contributed by atoms with Gasteiger partial charge in [0.1, 0.15) is 18.3 Å². The molecule has 1 amide bonds. The molecule has 0 aliphatic carbocycles. The van der Waals surface area contributed by atoms with Crippen LogP contribution in [0.1, 0.15) is 24.8 Å². The summed E-state index contributed by atoms with van der Waals surface area (Å²) in [7, 11) is -4.10. The van der Waals surface area contributed by atoms with E-state index in [2.05, 4.69) is 5.32 Å². The number of carboxylic acids is 2. The van der Waals surface area contributed by atoms with E-state index in [-0.39, 0.29) is 18.6 Å². The van der Waals surface area contributed by atoms with E-state index < -0.39 is 44.2 Å². The number of amides is 1. The summed E-state index contributed by atoms with van der Waals surface area (Å²) < 4.78 is 17.3. The maximum Gasteiger partial charge on any atom is 0.376 e. The highest BCUT2D eigenvalue weighted by atomic mass is 31.2. The minimum absolute atomic E-state index is 0.0892. The maximum atomic E-state index is 12.2. The number of nitrogens with one attached hydrogen (secondary N) is 1. The summed E-state index contributed by atoms with van der Waals surface area (Å²) in [6.07, 6.45) is 0.212. The highest BCUT2D eigenvalue weighted by molar-refractivity contribution is 7.53. The van der Waals surface area contributed by atoms with Gasteiger partial charge in [-0.3, -0.25) is 14.4 Å². The van der Waals surface area contributed by atoms with Crippen molar-refractivity contribution in [1.82, 2.24) is 5.32 Å². The Kier molecular flexibility index (Phi) is 8.93. The lowest BCUT2D eigenvalue weighted by Crippen LogP contribution is -2.31. The molecule has 0 heterocycles. The molecule has 11 heteroatoms. The number of hydrogen-bond acceptors (Lipinski definition) is 6. The zero-order chi connectivity index (χ0) is 20.4. The zero-order valence-corrected chi connectivity index (χ0v) is 15.4. The Labute approximate surface area is 155 Å². The maximum absolute atomic E-state index is 12.2. The lowest BCUT2D eigenvalue weighted by molar-refractivity contribution is -0.139. The van der Waals surface area contributed by atoms with E-state index >= 15 is 0 Å².